The number of benzene rings is 1. The lowest BCUT2D eigenvalue weighted by Gasteiger charge is -2.20. The van der Waals surface area contributed by atoms with Crippen LogP contribution >= 0.6 is 0 Å². The third-order valence-electron chi connectivity index (χ3n) is 4.84. The molecular weight excluding hydrogens is 250 g/mol. The van der Waals surface area contributed by atoms with Crippen molar-refractivity contribution in [3.8, 4) is 0 Å². The molecular formula is C16H21N3O. The van der Waals surface area contributed by atoms with Gasteiger partial charge in [0.1, 0.15) is 6.10 Å². The predicted octanol–water partition coefficient (Wildman–Crippen LogP) is 1.85. The minimum atomic E-state index is 0.140. The van der Waals surface area contributed by atoms with Crippen LogP contribution in [0.15, 0.2) is 35.5 Å². The molecule has 2 heterocycles. The smallest absolute Gasteiger partial charge is 0.141 e. The van der Waals surface area contributed by atoms with E-state index in [9.17, 15) is 0 Å². The van der Waals surface area contributed by atoms with Crippen LogP contribution in [0.3, 0.4) is 0 Å². The van der Waals surface area contributed by atoms with E-state index in [2.05, 4.69) is 34.7 Å². The summed E-state index contributed by atoms with van der Waals surface area (Å²) >= 11 is 0. The number of oxime groups is 1. The minimum Gasteiger partial charge on any atom is -0.391 e. The Morgan fingerprint density at radius 3 is 2.80 bits per heavy atom. The first-order valence-corrected chi connectivity index (χ1v) is 7.65. The Bertz CT molecular complexity index is 516. The van der Waals surface area contributed by atoms with Gasteiger partial charge in [-0.25, -0.2) is 0 Å². The maximum atomic E-state index is 6.10. The highest BCUT2D eigenvalue weighted by molar-refractivity contribution is 6.05. The lowest BCUT2D eigenvalue weighted by Crippen LogP contribution is -2.44. The van der Waals surface area contributed by atoms with Crippen LogP contribution in [0, 0.1) is 11.8 Å². The highest BCUT2D eigenvalue weighted by atomic mass is 16.7. The van der Waals surface area contributed by atoms with E-state index in [0.29, 0.717) is 17.9 Å². The molecule has 5 atom stereocenters. The van der Waals surface area contributed by atoms with Gasteiger partial charge in [-0.2, -0.15) is 0 Å². The van der Waals surface area contributed by atoms with Gasteiger partial charge in [0.25, 0.3) is 0 Å². The molecule has 0 bridgehead atoms. The number of hydrogen-bond acceptors (Lipinski definition) is 4. The largest absolute Gasteiger partial charge is 0.391 e. The quantitative estimate of drug-likeness (QED) is 0.863. The first-order valence-electron chi connectivity index (χ1n) is 7.65. The zero-order valence-corrected chi connectivity index (χ0v) is 11.5. The Morgan fingerprint density at radius 1 is 1.15 bits per heavy atom. The summed E-state index contributed by atoms with van der Waals surface area (Å²) in [6, 6.07) is 10.9. The zero-order chi connectivity index (χ0) is 13.5. The Morgan fingerprint density at radius 2 is 1.95 bits per heavy atom. The highest BCUT2D eigenvalue weighted by Gasteiger charge is 2.62. The SMILES string of the molecule is NC1CCCCC(C2C3ON=C(c4ccccc4)C32)N1. The molecule has 1 aliphatic carbocycles. The van der Waals surface area contributed by atoms with E-state index in [1.165, 1.54) is 24.8 Å². The van der Waals surface area contributed by atoms with Gasteiger partial charge in [-0.1, -0.05) is 48.3 Å². The lowest BCUT2D eigenvalue weighted by atomic mass is 10.00. The van der Waals surface area contributed by atoms with Crippen molar-refractivity contribution >= 4 is 5.71 Å². The van der Waals surface area contributed by atoms with Gasteiger partial charge in [0, 0.05) is 12.0 Å². The second-order valence-electron chi connectivity index (χ2n) is 6.18. The molecule has 4 nitrogen and oxygen atoms in total. The van der Waals surface area contributed by atoms with Crippen molar-refractivity contribution in [1.82, 2.24) is 5.32 Å². The van der Waals surface area contributed by atoms with Crippen molar-refractivity contribution < 1.29 is 4.84 Å². The first-order chi connectivity index (χ1) is 9.84. The highest BCUT2D eigenvalue weighted by Crippen LogP contribution is 2.51. The number of nitrogens with zero attached hydrogens (tertiary/aromatic N) is 1. The van der Waals surface area contributed by atoms with Crippen LogP contribution in [0.5, 0.6) is 0 Å². The van der Waals surface area contributed by atoms with Crippen molar-refractivity contribution in [3.63, 3.8) is 0 Å². The van der Waals surface area contributed by atoms with Gasteiger partial charge in [0.2, 0.25) is 0 Å². The monoisotopic (exact) mass is 271 g/mol. The van der Waals surface area contributed by atoms with E-state index < -0.39 is 0 Å². The molecule has 106 valence electrons. The summed E-state index contributed by atoms with van der Waals surface area (Å²) in [7, 11) is 0. The first kappa shape index (κ1) is 12.4. The number of hydrogen-bond donors (Lipinski definition) is 2. The topological polar surface area (TPSA) is 59.6 Å². The lowest BCUT2D eigenvalue weighted by molar-refractivity contribution is 0.119. The number of nitrogens with one attached hydrogen (secondary N) is 1. The van der Waals surface area contributed by atoms with Crippen LogP contribution in [0.4, 0.5) is 0 Å². The molecule has 2 aliphatic heterocycles. The van der Waals surface area contributed by atoms with Crippen LogP contribution in [-0.4, -0.2) is 24.0 Å². The molecule has 2 fully saturated rings. The molecule has 1 aromatic carbocycles. The fourth-order valence-corrected chi connectivity index (χ4v) is 3.76. The van der Waals surface area contributed by atoms with Gasteiger partial charge in [-0.3, -0.25) is 5.32 Å². The van der Waals surface area contributed by atoms with Crippen molar-refractivity contribution in [2.45, 2.75) is 44.0 Å². The minimum absolute atomic E-state index is 0.140. The summed E-state index contributed by atoms with van der Waals surface area (Å²) in [5, 5.41) is 7.87. The Kier molecular flexibility index (Phi) is 3.00. The molecule has 0 radical (unpaired) electrons. The van der Waals surface area contributed by atoms with E-state index >= 15 is 0 Å². The number of nitrogens with two attached hydrogens (primary N) is 1. The Labute approximate surface area is 119 Å². The molecule has 1 saturated carbocycles. The van der Waals surface area contributed by atoms with Gasteiger partial charge >= 0.3 is 0 Å². The van der Waals surface area contributed by atoms with E-state index in [1.54, 1.807) is 0 Å². The average Bonchev–Trinajstić information content (AvgIpc) is 3.09. The molecule has 3 aliphatic rings. The molecule has 1 saturated heterocycles. The molecule has 20 heavy (non-hydrogen) atoms. The summed E-state index contributed by atoms with van der Waals surface area (Å²) in [5.41, 5.74) is 8.42. The normalized spacial score (nSPS) is 39.5. The van der Waals surface area contributed by atoms with E-state index in [1.807, 2.05) is 6.07 Å². The molecule has 4 heteroatoms. The summed E-state index contributed by atoms with van der Waals surface area (Å²) in [6.45, 7) is 0. The van der Waals surface area contributed by atoms with Crippen LogP contribution < -0.4 is 11.1 Å². The van der Waals surface area contributed by atoms with E-state index in [0.717, 1.165) is 12.1 Å². The van der Waals surface area contributed by atoms with Gasteiger partial charge in [0.15, 0.2) is 0 Å². The average molecular weight is 271 g/mol. The van der Waals surface area contributed by atoms with Crippen LogP contribution in [0.1, 0.15) is 31.2 Å². The van der Waals surface area contributed by atoms with Crippen molar-refractivity contribution in [3.05, 3.63) is 35.9 Å². The summed E-state index contributed by atoms with van der Waals surface area (Å²) < 4.78 is 0. The maximum Gasteiger partial charge on any atom is 0.141 e. The van der Waals surface area contributed by atoms with Gasteiger partial charge in [0.05, 0.1) is 17.8 Å². The van der Waals surface area contributed by atoms with Crippen LogP contribution in [0.25, 0.3) is 0 Å². The van der Waals surface area contributed by atoms with E-state index in [4.69, 9.17) is 10.6 Å². The Hall–Kier alpha value is -1.39. The van der Waals surface area contributed by atoms with Crippen LogP contribution in [0.2, 0.25) is 0 Å². The second-order valence-corrected chi connectivity index (χ2v) is 6.18. The van der Waals surface area contributed by atoms with Crippen LogP contribution in [-0.2, 0) is 4.84 Å². The number of fused-ring (bicyclic) bond motifs is 1. The maximum absolute atomic E-state index is 6.10. The van der Waals surface area contributed by atoms with E-state index in [-0.39, 0.29) is 12.3 Å². The Balaban J connectivity index is 1.50. The van der Waals surface area contributed by atoms with Gasteiger partial charge in [-0.05, 0) is 18.4 Å². The molecule has 0 aromatic heterocycles. The molecule has 3 N–H and O–H groups in total. The molecule has 4 rings (SSSR count). The fraction of sp³-hybridized carbons (Fsp3) is 0.562. The summed E-state index contributed by atoms with van der Waals surface area (Å²) in [5.74, 6) is 1.01. The standard InChI is InChI=1S/C16H21N3O/c17-12-9-5-4-8-11(18-12)13-14-15(19-20-16(13)14)10-6-2-1-3-7-10/h1-3,6-7,11-14,16,18H,4-5,8-9,17H2. The third-order valence-corrected chi connectivity index (χ3v) is 4.84. The third kappa shape index (κ3) is 2.03. The predicted molar refractivity (Wildman–Crippen MR) is 78.2 cm³/mol. The molecule has 5 unspecified atom stereocenters. The molecule has 0 spiro atoms. The second kappa shape index (κ2) is 4.86. The van der Waals surface area contributed by atoms with Gasteiger partial charge in [-0.15, -0.1) is 0 Å². The van der Waals surface area contributed by atoms with Crippen molar-refractivity contribution in [2.24, 2.45) is 22.7 Å². The zero-order valence-electron chi connectivity index (χ0n) is 11.5. The fourth-order valence-electron chi connectivity index (χ4n) is 3.76. The van der Waals surface area contributed by atoms with Crippen molar-refractivity contribution in [2.75, 3.05) is 0 Å². The van der Waals surface area contributed by atoms with Crippen molar-refractivity contribution in [1.29, 1.82) is 0 Å². The molecule has 1 aromatic rings. The summed E-state index contributed by atoms with van der Waals surface area (Å²) in [6.07, 6.45) is 5.19. The summed E-state index contributed by atoms with van der Waals surface area (Å²) in [4.78, 5) is 5.64. The van der Waals surface area contributed by atoms with Gasteiger partial charge < -0.3 is 10.6 Å². The molecule has 0 amide bonds. The number of rotatable bonds is 2.